The van der Waals surface area contributed by atoms with Crippen LogP contribution in [0, 0.1) is 6.92 Å². The van der Waals surface area contributed by atoms with E-state index in [1.54, 1.807) is 11.8 Å². The number of rotatable bonds is 4. The highest BCUT2D eigenvalue weighted by Gasteiger charge is 2.09. The molecule has 0 amide bonds. The van der Waals surface area contributed by atoms with Crippen molar-refractivity contribution in [2.24, 2.45) is 0 Å². The summed E-state index contributed by atoms with van der Waals surface area (Å²) in [6, 6.07) is 7.84. The molecule has 0 aliphatic heterocycles. The Hall–Kier alpha value is -1.26. The van der Waals surface area contributed by atoms with Crippen molar-refractivity contribution in [1.82, 2.24) is 9.97 Å². The van der Waals surface area contributed by atoms with Crippen LogP contribution in [0.4, 0.5) is 5.82 Å². The Labute approximate surface area is 122 Å². The zero-order chi connectivity index (χ0) is 13.8. The average Bonchev–Trinajstić information content (AvgIpc) is 2.42. The first-order valence-electron chi connectivity index (χ1n) is 6.11. The number of anilines is 1. The molecule has 0 bridgehead atoms. The van der Waals surface area contributed by atoms with Crippen molar-refractivity contribution >= 4 is 29.2 Å². The summed E-state index contributed by atoms with van der Waals surface area (Å²) in [5.41, 5.74) is 7.95. The molecule has 2 aromatic rings. The summed E-state index contributed by atoms with van der Waals surface area (Å²) in [5, 5.41) is 1.72. The quantitative estimate of drug-likeness (QED) is 0.686. The Kier molecular flexibility index (Phi) is 4.66. The predicted molar refractivity (Wildman–Crippen MR) is 81.6 cm³/mol. The van der Waals surface area contributed by atoms with Crippen LogP contribution >= 0.6 is 23.4 Å². The second kappa shape index (κ2) is 6.26. The number of aryl methyl sites for hydroxylation is 1. The molecule has 0 spiro atoms. The van der Waals surface area contributed by atoms with Gasteiger partial charge in [0.15, 0.2) is 0 Å². The van der Waals surface area contributed by atoms with Crippen molar-refractivity contribution in [2.45, 2.75) is 31.0 Å². The molecular weight excluding hydrogens is 278 g/mol. The minimum atomic E-state index is 0.563. The van der Waals surface area contributed by atoms with Crippen LogP contribution in [0.15, 0.2) is 29.3 Å². The second-order valence-corrected chi connectivity index (χ2v) is 5.56. The van der Waals surface area contributed by atoms with Crippen molar-refractivity contribution in [3.05, 3.63) is 46.2 Å². The SMILES string of the molecule is CCc1nc(N)c(C)c(SCc2ccccc2Cl)n1. The Morgan fingerprint density at radius 2 is 2.00 bits per heavy atom. The largest absolute Gasteiger partial charge is 0.383 e. The van der Waals surface area contributed by atoms with Crippen molar-refractivity contribution in [1.29, 1.82) is 0 Å². The van der Waals surface area contributed by atoms with Crippen LogP contribution < -0.4 is 5.73 Å². The van der Waals surface area contributed by atoms with Gasteiger partial charge in [0.2, 0.25) is 0 Å². The number of thioether (sulfide) groups is 1. The van der Waals surface area contributed by atoms with Gasteiger partial charge in [-0.3, -0.25) is 0 Å². The minimum Gasteiger partial charge on any atom is -0.383 e. The molecule has 0 saturated carbocycles. The molecule has 0 aliphatic carbocycles. The molecule has 19 heavy (non-hydrogen) atoms. The topological polar surface area (TPSA) is 51.8 Å². The van der Waals surface area contributed by atoms with E-state index in [-0.39, 0.29) is 0 Å². The first-order chi connectivity index (χ1) is 9.11. The third-order valence-corrected chi connectivity index (χ3v) is 4.32. The highest BCUT2D eigenvalue weighted by molar-refractivity contribution is 7.98. The number of nitrogens with two attached hydrogens (primary N) is 1. The Morgan fingerprint density at radius 3 is 2.68 bits per heavy atom. The molecule has 0 atom stereocenters. The summed E-state index contributed by atoms with van der Waals surface area (Å²) < 4.78 is 0. The number of hydrogen-bond acceptors (Lipinski definition) is 4. The predicted octanol–water partition coefficient (Wildman–Crippen LogP) is 3.88. The molecule has 2 N–H and O–H groups in total. The molecule has 0 aliphatic rings. The van der Waals surface area contributed by atoms with E-state index in [1.807, 2.05) is 38.1 Å². The van der Waals surface area contributed by atoms with Crippen LogP contribution in [0.1, 0.15) is 23.9 Å². The van der Waals surface area contributed by atoms with E-state index in [4.69, 9.17) is 17.3 Å². The Morgan fingerprint density at radius 1 is 1.26 bits per heavy atom. The molecule has 3 nitrogen and oxygen atoms in total. The van der Waals surface area contributed by atoms with Gasteiger partial charge in [0.1, 0.15) is 16.7 Å². The normalized spacial score (nSPS) is 10.7. The van der Waals surface area contributed by atoms with Gasteiger partial charge in [-0.1, -0.05) is 36.7 Å². The summed E-state index contributed by atoms with van der Waals surface area (Å²) in [6.45, 7) is 3.97. The maximum Gasteiger partial charge on any atom is 0.131 e. The second-order valence-electron chi connectivity index (χ2n) is 4.19. The fourth-order valence-electron chi connectivity index (χ4n) is 1.62. The van der Waals surface area contributed by atoms with Gasteiger partial charge in [0.05, 0.1) is 0 Å². The molecule has 2 rings (SSSR count). The fraction of sp³-hybridized carbons (Fsp3) is 0.286. The Balaban J connectivity index is 2.20. The lowest BCUT2D eigenvalue weighted by molar-refractivity contribution is 0.878. The summed E-state index contributed by atoms with van der Waals surface area (Å²) in [5.74, 6) is 2.12. The van der Waals surface area contributed by atoms with Crippen LogP contribution in [-0.2, 0) is 12.2 Å². The molecule has 5 heteroatoms. The minimum absolute atomic E-state index is 0.563. The van der Waals surface area contributed by atoms with E-state index >= 15 is 0 Å². The number of benzene rings is 1. The average molecular weight is 294 g/mol. The van der Waals surface area contributed by atoms with Gasteiger partial charge >= 0.3 is 0 Å². The van der Waals surface area contributed by atoms with E-state index in [2.05, 4.69) is 9.97 Å². The highest BCUT2D eigenvalue weighted by atomic mass is 35.5. The number of nitrogens with zero attached hydrogens (tertiary/aromatic N) is 2. The van der Waals surface area contributed by atoms with Crippen molar-refractivity contribution in [2.75, 3.05) is 5.73 Å². The van der Waals surface area contributed by atoms with Crippen LogP contribution in [0.5, 0.6) is 0 Å². The lowest BCUT2D eigenvalue weighted by Crippen LogP contribution is -2.03. The van der Waals surface area contributed by atoms with Gasteiger partial charge in [-0.25, -0.2) is 9.97 Å². The van der Waals surface area contributed by atoms with E-state index < -0.39 is 0 Å². The van der Waals surface area contributed by atoms with E-state index in [1.165, 1.54) is 0 Å². The lowest BCUT2D eigenvalue weighted by Gasteiger charge is -2.09. The standard InChI is InChI=1S/C14H16ClN3S/c1-3-12-17-13(16)9(2)14(18-12)19-8-10-6-4-5-7-11(10)15/h4-7H,3,8H2,1-2H3,(H2,16,17,18). The summed E-state index contributed by atoms with van der Waals surface area (Å²) in [7, 11) is 0. The van der Waals surface area contributed by atoms with E-state index in [0.29, 0.717) is 5.82 Å². The first-order valence-corrected chi connectivity index (χ1v) is 7.47. The third kappa shape index (κ3) is 3.39. The smallest absolute Gasteiger partial charge is 0.131 e. The molecule has 0 saturated heterocycles. The van der Waals surface area contributed by atoms with Gasteiger partial charge in [0, 0.05) is 22.8 Å². The summed E-state index contributed by atoms with van der Waals surface area (Å²) in [6.07, 6.45) is 0.782. The number of halogens is 1. The molecule has 0 fully saturated rings. The fourth-order valence-corrected chi connectivity index (χ4v) is 2.94. The van der Waals surface area contributed by atoms with Crippen molar-refractivity contribution in [3.8, 4) is 0 Å². The number of aromatic nitrogens is 2. The molecule has 1 heterocycles. The van der Waals surface area contributed by atoms with Crippen LogP contribution in [0.2, 0.25) is 5.02 Å². The zero-order valence-electron chi connectivity index (χ0n) is 11.0. The maximum absolute atomic E-state index is 6.15. The zero-order valence-corrected chi connectivity index (χ0v) is 12.6. The monoisotopic (exact) mass is 293 g/mol. The number of hydrogen-bond donors (Lipinski definition) is 1. The van der Waals surface area contributed by atoms with Crippen LogP contribution in [-0.4, -0.2) is 9.97 Å². The van der Waals surface area contributed by atoms with Gasteiger partial charge in [0.25, 0.3) is 0 Å². The Bertz CT molecular complexity index is 587. The molecule has 0 unspecified atom stereocenters. The van der Waals surface area contributed by atoms with E-state index in [0.717, 1.165) is 39.2 Å². The maximum atomic E-state index is 6.15. The highest BCUT2D eigenvalue weighted by Crippen LogP contribution is 2.29. The molecular formula is C14H16ClN3S. The van der Waals surface area contributed by atoms with Gasteiger partial charge in [-0.05, 0) is 18.6 Å². The van der Waals surface area contributed by atoms with Crippen molar-refractivity contribution < 1.29 is 0 Å². The molecule has 1 aromatic carbocycles. The van der Waals surface area contributed by atoms with Gasteiger partial charge < -0.3 is 5.73 Å². The van der Waals surface area contributed by atoms with Crippen molar-refractivity contribution in [3.63, 3.8) is 0 Å². The van der Waals surface area contributed by atoms with Gasteiger partial charge in [-0.15, -0.1) is 11.8 Å². The summed E-state index contributed by atoms with van der Waals surface area (Å²) >= 11 is 7.79. The first kappa shape index (κ1) is 14.2. The summed E-state index contributed by atoms with van der Waals surface area (Å²) in [4.78, 5) is 8.78. The lowest BCUT2D eigenvalue weighted by atomic mass is 10.2. The molecule has 100 valence electrons. The molecule has 0 radical (unpaired) electrons. The van der Waals surface area contributed by atoms with Crippen LogP contribution in [0.3, 0.4) is 0 Å². The number of nitrogen functional groups attached to an aromatic ring is 1. The third-order valence-electron chi connectivity index (χ3n) is 2.82. The van der Waals surface area contributed by atoms with Gasteiger partial charge in [-0.2, -0.15) is 0 Å². The molecule has 1 aromatic heterocycles. The van der Waals surface area contributed by atoms with E-state index in [9.17, 15) is 0 Å². The van der Waals surface area contributed by atoms with Crippen LogP contribution in [0.25, 0.3) is 0 Å².